The summed E-state index contributed by atoms with van der Waals surface area (Å²) in [7, 11) is 1.53. The fourth-order valence-corrected chi connectivity index (χ4v) is 2.88. The predicted octanol–water partition coefficient (Wildman–Crippen LogP) is 1.35. The number of benzene rings is 2. The number of methoxy groups -OCH3 is 1. The minimum atomic E-state index is -0.496. The van der Waals surface area contributed by atoms with Gasteiger partial charge in [0.25, 0.3) is 11.8 Å². The average molecular weight is 414 g/mol. The zero-order valence-corrected chi connectivity index (χ0v) is 17.5. The van der Waals surface area contributed by atoms with Gasteiger partial charge in [-0.25, -0.2) is 4.79 Å². The van der Waals surface area contributed by atoms with E-state index in [1.165, 1.54) is 7.11 Å². The predicted molar refractivity (Wildman–Crippen MR) is 114 cm³/mol. The normalized spacial score (nSPS) is 11.3. The molecular formula is C22H28N3O5+. The number of esters is 1. The molecule has 0 spiro atoms. The highest BCUT2D eigenvalue weighted by Crippen LogP contribution is 2.22. The van der Waals surface area contributed by atoms with E-state index in [-0.39, 0.29) is 31.5 Å². The van der Waals surface area contributed by atoms with Crippen LogP contribution in [0.5, 0.6) is 5.75 Å². The maximum Gasteiger partial charge on any atom is 0.340 e. The summed E-state index contributed by atoms with van der Waals surface area (Å²) in [5, 5.41) is 5.55. The van der Waals surface area contributed by atoms with E-state index >= 15 is 0 Å². The summed E-state index contributed by atoms with van der Waals surface area (Å²) in [5.74, 6) is -0.453. The van der Waals surface area contributed by atoms with Crippen molar-refractivity contribution >= 4 is 29.2 Å². The number of anilines is 2. The highest BCUT2D eigenvalue weighted by Gasteiger charge is 2.20. The second-order valence-electron chi connectivity index (χ2n) is 6.52. The third-order valence-corrected chi connectivity index (χ3v) is 4.40. The van der Waals surface area contributed by atoms with Crippen LogP contribution >= 0.6 is 0 Å². The van der Waals surface area contributed by atoms with Gasteiger partial charge in [-0.05, 0) is 38.1 Å². The van der Waals surface area contributed by atoms with Gasteiger partial charge in [0.05, 0.1) is 37.2 Å². The molecule has 0 saturated heterocycles. The van der Waals surface area contributed by atoms with Gasteiger partial charge in [0, 0.05) is 0 Å². The van der Waals surface area contributed by atoms with Gasteiger partial charge in [0.15, 0.2) is 13.1 Å². The number of hydrogen-bond donors (Lipinski definition) is 3. The summed E-state index contributed by atoms with van der Waals surface area (Å²) in [6, 6.07) is 13.8. The van der Waals surface area contributed by atoms with Gasteiger partial charge in [-0.3, -0.25) is 9.59 Å². The third kappa shape index (κ3) is 6.59. The Morgan fingerprint density at radius 2 is 1.43 bits per heavy atom. The first-order chi connectivity index (χ1) is 14.5. The van der Waals surface area contributed by atoms with E-state index in [0.29, 0.717) is 29.2 Å². The molecule has 2 aromatic carbocycles. The first-order valence-corrected chi connectivity index (χ1v) is 9.80. The van der Waals surface area contributed by atoms with Crippen LogP contribution in [0.4, 0.5) is 11.4 Å². The molecule has 1 atom stereocenters. The number of carbonyl (C=O) groups excluding carboxylic acids is 3. The number of nitrogens with one attached hydrogen (secondary N) is 3. The van der Waals surface area contributed by atoms with Crippen molar-refractivity contribution in [1.82, 2.24) is 0 Å². The van der Waals surface area contributed by atoms with Gasteiger partial charge < -0.3 is 25.0 Å². The lowest BCUT2D eigenvalue weighted by molar-refractivity contribution is -0.881. The molecule has 160 valence electrons. The zero-order chi connectivity index (χ0) is 21.9. The standard InChI is InChI=1S/C22H27N3O5/c1-4-25(15-21(27)24-18-12-8-9-13-19(18)29-3)14-20(26)23-17-11-7-6-10-16(17)22(28)30-5-2/h6-13H,4-5,14-15H2,1-3H3,(H,23,26)(H,24,27)/p+1. The molecule has 8 heteroatoms. The third-order valence-electron chi connectivity index (χ3n) is 4.40. The summed E-state index contributed by atoms with van der Waals surface area (Å²) < 4.78 is 10.3. The molecule has 0 aliphatic heterocycles. The topological polar surface area (TPSA) is 98.2 Å². The molecule has 0 heterocycles. The zero-order valence-electron chi connectivity index (χ0n) is 17.5. The Kier molecular flexibility index (Phi) is 8.83. The quantitative estimate of drug-likeness (QED) is 0.510. The van der Waals surface area contributed by atoms with Crippen LogP contribution in [0.15, 0.2) is 48.5 Å². The van der Waals surface area contributed by atoms with E-state index < -0.39 is 5.97 Å². The summed E-state index contributed by atoms with van der Waals surface area (Å²) in [6.07, 6.45) is 0. The molecule has 0 aliphatic carbocycles. The molecule has 3 N–H and O–H groups in total. The number of quaternary nitrogens is 1. The maximum absolute atomic E-state index is 12.5. The van der Waals surface area contributed by atoms with Crippen LogP contribution in [-0.4, -0.2) is 51.1 Å². The monoisotopic (exact) mass is 414 g/mol. The highest BCUT2D eigenvalue weighted by atomic mass is 16.5. The number of para-hydroxylation sites is 3. The number of ether oxygens (including phenoxy) is 2. The molecule has 2 rings (SSSR count). The number of amides is 2. The van der Waals surface area contributed by atoms with Crippen LogP contribution in [0.1, 0.15) is 24.2 Å². The van der Waals surface area contributed by atoms with Gasteiger partial charge in [-0.1, -0.05) is 24.3 Å². The molecule has 0 aliphatic rings. The molecular weight excluding hydrogens is 386 g/mol. The SMILES string of the molecule is CCOC(=O)c1ccccc1NC(=O)C[NH+](CC)CC(=O)Nc1ccccc1OC. The second-order valence-corrected chi connectivity index (χ2v) is 6.52. The smallest absolute Gasteiger partial charge is 0.340 e. The molecule has 0 saturated carbocycles. The molecule has 0 fully saturated rings. The van der Waals surface area contributed by atoms with Crippen LogP contribution in [0.2, 0.25) is 0 Å². The van der Waals surface area contributed by atoms with E-state index in [0.717, 1.165) is 4.90 Å². The van der Waals surface area contributed by atoms with Gasteiger partial charge >= 0.3 is 5.97 Å². The highest BCUT2D eigenvalue weighted by molar-refractivity contribution is 6.01. The minimum absolute atomic E-state index is 0.0764. The first-order valence-electron chi connectivity index (χ1n) is 9.80. The van der Waals surface area contributed by atoms with E-state index in [2.05, 4.69) is 10.6 Å². The maximum atomic E-state index is 12.5. The Labute approximate surface area is 176 Å². The lowest BCUT2D eigenvalue weighted by Gasteiger charge is -2.18. The van der Waals surface area contributed by atoms with Crippen molar-refractivity contribution in [3.8, 4) is 5.75 Å². The second kappa shape index (κ2) is 11.6. The average Bonchev–Trinajstić information content (AvgIpc) is 2.74. The van der Waals surface area contributed by atoms with Crippen LogP contribution in [0.25, 0.3) is 0 Å². The fraction of sp³-hybridized carbons (Fsp3) is 0.318. The Balaban J connectivity index is 1.97. The van der Waals surface area contributed by atoms with Crippen molar-refractivity contribution in [2.75, 3.05) is 44.0 Å². The van der Waals surface area contributed by atoms with Crippen molar-refractivity contribution in [3.63, 3.8) is 0 Å². The van der Waals surface area contributed by atoms with Crippen molar-refractivity contribution in [2.24, 2.45) is 0 Å². The van der Waals surface area contributed by atoms with Crippen LogP contribution in [-0.2, 0) is 14.3 Å². The van der Waals surface area contributed by atoms with Gasteiger partial charge in [-0.15, -0.1) is 0 Å². The molecule has 0 aromatic heterocycles. The van der Waals surface area contributed by atoms with Crippen LogP contribution < -0.4 is 20.3 Å². The number of likely N-dealkylation sites (N-methyl/N-ethyl adjacent to an activating group) is 1. The molecule has 1 unspecified atom stereocenters. The number of carbonyl (C=O) groups is 3. The summed E-state index contributed by atoms with van der Waals surface area (Å²) >= 11 is 0. The molecule has 0 bridgehead atoms. The van der Waals surface area contributed by atoms with Gasteiger partial charge in [-0.2, -0.15) is 0 Å². The number of hydrogen-bond acceptors (Lipinski definition) is 5. The lowest BCUT2D eigenvalue weighted by Crippen LogP contribution is -3.13. The molecule has 2 aromatic rings. The van der Waals surface area contributed by atoms with Gasteiger partial charge in [0.1, 0.15) is 5.75 Å². The number of rotatable bonds is 10. The fourth-order valence-electron chi connectivity index (χ4n) is 2.88. The molecule has 2 amide bonds. The molecule has 8 nitrogen and oxygen atoms in total. The lowest BCUT2D eigenvalue weighted by atomic mass is 10.2. The van der Waals surface area contributed by atoms with Crippen molar-refractivity contribution in [3.05, 3.63) is 54.1 Å². The van der Waals surface area contributed by atoms with Gasteiger partial charge in [0.2, 0.25) is 0 Å². The Hall–Kier alpha value is -3.39. The molecule has 30 heavy (non-hydrogen) atoms. The van der Waals surface area contributed by atoms with Crippen molar-refractivity contribution in [2.45, 2.75) is 13.8 Å². The van der Waals surface area contributed by atoms with Crippen molar-refractivity contribution < 1.29 is 28.8 Å². The van der Waals surface area contributed by atoms with E-state index in [9.17, 15) is 14.4 Å². The van der Waals surface area contributed by atoms with E-state index in [1.54, 1.807) is 49.4 Å². The van der Waals surface area contributed by atoms with Crippen LogP contribution in [0.3, 0.4) is 0 Å². The van der Waals surface area contributed by atoms with E-state index in [1.807, 2.05) is 13.0 Å². The largest absolute Gasteiger partial charge is 0.495 e. The minimum Gasteiger partial charge on any atom is -0.495 e. The van der Waals surface area contributed by atoms with Crippen molar-refractivity contribution in [1.29, 1.82) is 0 Å². The Morgan fingerprint density at radius 1 is 0.867 bits per heavy atom. The first kappa shape index (κ1) is 22.9. The van der Waals surface area contributed by atoms with E-state index in [4.69, 9.17) is 9.47 Å². The summed E-state index contributed by atoms with van der Waals surface area (Å²) in [5.41, 5.74) is 1.25. The Morgan fingerprint density at radius 3 is 2.03 bits per heavy atom. The summed E-state index contributed by atoms with van der Waals surface area (Å²) in [6.45, 7) is 4.63. The summed E-state index contributed by atoms with van der Waals surface area (Å²) in [4.78, 5) is 37.8. The Bertz CT molecular complexity index is 885. The van der Waals surface area contributed by atoms with Crippen LogP contribution in [0, 0.1) is 0 Å². The molecule has 0 radical (unpaired) electrons.